The number of carboxylic acids is 1. The van der Waals surface area contributed by atoms with Crippen LogP contribution in [0.2, 0.25) is 0 Å². The second-order valence-electron chi connectivity index (χ2n) is 4.03. The molecule has 0 bridgehead atoms. The molecule has 0 aromatic rings. The van der Waals surface area contributed by atoms with Crippen molar-refractivity contribution in [1.82, 2.24) is 0 Å². The van der Waals surface area contributed by atoms with Gasteiger partial charge in [-0.25, -0.2) is 9.36 Å². The van der Waals surface area contributed by atoms with Crippen molar-refractivity contribution < 1.29 is 43.0 Å². The second kappa shape index (κ2) is 12.0. The first-order valence-electron chi connectivity index (χ1n) is 6.57. The summed E-state index contributed by atoms with van der Waals surface area (Å²) >= 11 is 0. The molecule has 0 rings (SSSR count). The zero-order valence-electron chi connectivity index (χ0n) is 12.0. The van der Waals surface area contributed by atoms with Crippen molar-refractivity contribution in [2.24, 2.45) is 0 Å². The van der Waals surface area contributed by atoms with Crippen LogP contribution in [0.25, 0.3) is 0 Å². The summed E-state index contributed by atoms with van der Waals surface area (Å²) in [6, 6.07) is 0. The van der Waals surface area contributed by atoms with Crippen molar-refractivity contribution >= 4 is 13.8 Å². The SMILES string of the molecule is CCCCOCCOP(=O)(O)OCCOCC(O)C(=O)O. The number of phosphoric acid groups is 1. The lowest BCUT2D eigenvalue weighted by molar-refractivity contribution is -0.150. The maximum absolute atomic E-state index is 11.4. The fourth-order valence-electron chi connectivity index (χ4n) is 1.08. The van der Waals surface area contributed by atoms with E-state index < -0.39 is 26.5 Å². The van der Waals surface area contributed by atoms with Gasteiger partial charge in [-0.1, -0.05) is 13.3 Å². The molecule has 0 fully saturated rings. The molecule has 2 unspecified atom stereocenters. The highest BCUT2D eigenvalue weighted by Crippen LogP contribution is 2.42. The van der Waals surface area contributed by atoms with Gasteiger partial charge in [-0.3, -0.25) is 9.05 Å². The largest absolute Gasteiger partial charge is 0.479 e. The first-order chi connectivity index (χ1) is 9.89. The standard InChI is InChI=1S/C11H23O9P/c1-2-3-4-17-5-7-19-21(15,16)20-8-6-18-9-10(12)11(13)14/h10,12H,2-9H2,1H3,(H,13,14)(H,15,16). The quantitative estimate of drug-likeness (QED) is 0.306. The van der Waals surface area contributed by atoms with Gasteiger partial charge in [-0.05, 0) is 6.42 Å². The number of aliphatic carboxylic acids is 1. The Hall–Kier alpha value is -0.540. The van der Waals surface area contributed by atoms with Crippen molar-refractivity contribution in [2.75, 3.05) is 39.6 Å². The van der Waals surface area contributed by atoms with Crippen LogP contribution in [0.5, 0.6) is 0 Å². The van der Waals surface area contributed by atoms with E-state index in [1.165, 1.54) is 0 Å². The zero-order chi connectivity index (χ0) is 16.1. The minimum Gasteiger partial charge on any atom is -0.479 e. The predicted octanol–water partition coefficient (Wildman–Crippen LogP) is 0.399. The number of rotatable bonds is 14. The van der Waals surface area contributed by atoms with Gasteiger partial charge < -0.3 is 24.6 Å². The van der Waals surface area contributed by atoms with E-state index in [2.05, 4.69) is 9.05 Å². The summed E-state index contributed by atoms with van der Waals surface area (Å²) in [5.74, 6) is -1.41. The summed E-state index contributed by atoms with van der Waals surface area (Å²) in [4.78, 5) is 19.5. The molecule has 126 valence electrons. The van der Waals surface area contributed by atoms with E-state index in [-0.39, 0.29) is 26.4 Å². The summed E-state index contributed by atoms with van der Waals surface area (Å²) in [5, 5.41) is 17.2. The highest BCUT2D eigenvalue weighted by atomic mass is 31.2. The van der Waals surface area contributed by atoms with Crippen LogP contribution in [0, 0.1) is 0 Å². The first kappa shape index (κ1) is 20.5. The smallest absolute Gasteiger partial charge is 0.472 e. The van der Waals surface area contributed by atoms with Gasteiger partial charge in [-0.2, -0.15) is 0 Å². The molecule has 0 aromatic carbocycles. The fourth-order valence-corrected chi connectivity index (χ4v) is 1.76. The lowest BCUT2D eigenvalue weighted by Gasteiger charge is -2.12. The molecule has 0 aliphatic rings. The third-order valence-corrected chi connectivity index (χ3v) is 3.18. The normalized spacial score (nSPS) is 15.6. The molecule has 0 saturated carbocycles. The maximum Gasteiger partial charge on any atom is 0.472 e. The number of hydrogen-bond acceptors (Lipinski definition) is 7. The van der Waals surface area contributed by atoms with E-state index in [0.717, 1.165) is 12.8 Å². The Balaban J connectivity index is 3.55. The third-order valence-electron chi connectivity index (χ3n) is 2.17. The van der Waals surface area contributed by atoms with Gasteiger partial charge in [0.1, 0.15) is 0 Å². The first-order valence-corrected chi connectivity index (χ1v) is 8.07. The van der Waals surface area contributed by atoms with Crippen LogP contribution >= 0.6 is 7.82 Å². The van der Waals surface area contributed by atoms with Gasteiger partial charge in [-0.15, -0.1) is 0 Å². The minimum absolute atomic E-state index is 0.0733. The predicted molar refractivity (Wildman–Crippen MR) is 71.9 cm³/mol. The second-order valence-corrected chi connectivity index (χ2v) is 5.48. The molecule has 3 N–H and O–H groups in total. The highest BCUT2D eigenvalue weighted by molar-refractivity contribution is 7.47. The number of carboxylic acid groups (broad SMARTS) is 1. The van der Waals surface area contributed by atoms with E-state index in [1.807, 2.05) is 6.92 Å². The number of aliphatic hydroxyl groups is 1. The Morgan fingerprint density at radius 1 is 1.10 bits per heavy atom. The molecule has 0 amide bonds. The van der Waals surface area contributed by atoms with E-state index in [9.17, 15) is 14.3 Å². The number of carbonyl (C=O) groups is 1. The fraction of sp³-hybridized carbons (Fsp3) is 0.909. The van der Waals surface area contributed by atoms with Crippen LogP contribution in [0.15, 0.2) is 0 Å². The molecule has 2 atom stereocenters. The lowest BCUT2D eigenvalue weighted by Crippen LogP contribution is -2.26. The van der Waals surface area contributed by atoms with Crippen LogP contribution in [0.1, 0.15) is 19.8 Å². The van der Waals surface area contributed by atoms with Crippen LogP contribution in [-0.2, 0) is 27.9 Å². The molecular formula is C11H23O9P. The van der Waals surface area contributed by atoms with E-state index in [1.54, 1.807) is 0 Å². The summed E-state index contributed by atoms with van der Waals surface area (Å²) in [5.41, 5.74) is 0. The molecule has 0 saturated heterocycles. The van der Waals surface area contributed by atoms with Crippen molar-refractivity contribution in [3.63, 3.8) is 0 Å². The van der Waals surface area contributed by atoms with Gasteiger partial charge in [0.2, 0.25) is 0 Å². The van der Waals surface area contributed by atoms with Crippen molar-refractivity contribution in [3.05, 3.63) is 0 Å². The van der Waals surface area contributed by atoms with Crippen molar-refractivity contribution in [2.45, 2.75) is 25.9 Å². The topological polar surface area (TPSA) is 132 Å². The average Bonchev–Trinajstić information content (AvgIpc) is 2.41. The Labute approximate surface area is 123 Å². The molecule has 0 aliphatic carbocycles. The Morgan fingerprint density at radius 3 is 2.19 bits per heavy atom. The van der Waals surface area contributed by atoms with E-state index >= 15 is 0 Å². The van der Waals surface area contributed by atoms with E-state index in [4.69, 9.17) is 19.7 Å². The van der Waals surface area contributed by atoms with Crippen LogP contribution in [0.4, 0.5) is 0 Å². The summed E-state index contributed by atoms with van der Waals surface area (Å²) < 4.78 is 30.5. The molecule has 10 heteroatoms. The highest BCUT2D eigenvalue weighted by Gasteiger charge is 2.20. The minimum atomic E-state index is -4.17. The van der Waals surface area contributed by atoms with Gasteiger partial charge in [0, 0.05) is 6.61 Å². The Morgan fingerprint density at radius 2 is 1.67 bits per heavy atom. The number of ether oxygens (including phenoxy) is 2. The zero-order valence-corrected chi connectivity index (χ0v) is 12.9. The summed E-state index contributed by atoms with van der Waals surface area (Å²) in [6.45, 7) is 1.86. The molecule has 9 nitrogen and oxygen atoms in total. The molecule has 21 heavy (non-hydrogen) atoms. The summed E-state index contributed by atoms with van der Waals surface area (Å²) in [6.07, 6.45) is 0.272. The molecule has 0 spiro atoms. The van der Waals surface area contributed by atoms with Crippen molar-refractivity contribution in [3.8, 4) is 0 Å². The molecular weight excluding hydrogens is 307 g/mol. The molecule has 0 heterocycles. The number of unbranched alkanes of at least 4 members (excludes halogenated alkanes) is 1. The molecule has 0 aliphatic heterocycles. The lowest BCUT2D eigenvalue weighted by atomic mass is 10.4. The molecule has 0 aromatic heterocycles. The third kappa shape index (κ3) is 12.9. The van der Waals surface area contributed by atoms with Gasteiger partial charge >= 0.3 is 13.8 Å². The molecule has 0 radical (unpaired) electrons. The van der Waals surface area contributed by atoms with Crippen LogP contribution in [-0.4, -0.2) is 66.8 Å². The maximum atomic E-state index is 11.4. The monoisotopic (exact) mass is 330 g/mol. The van der Waals surface area contributed by atoms with Gasteiger partial charge in [0.25, 0.3) is 0 Å². The number of hydrogen-bond donors (Lipinski definition) is 3. The Kier molecular flexibility index (Phi) is 11.7. The van der Waals surface area contributed by atoms with E-state index in [0.29, 0.717) is 6.61 Å². The Bertz CT molecular complexity index is 323. The van der Waals surface area contributed by atoms with Crippen LogP contribution < -0.4 is 0 Å². The van der Waals surface area contributed by atoms with Gasteiger partial charge in [0.15, 0.2) is 6.10 Å². The van der Waals surface area contributed by atoms with Crippen LogP contribution in [0.3, 0.4) is 0 Å². The van der Waals surface area contributed by atoms with Gasteiger partial charge in [0.05, 0.1) is 33.0 Å². The number of phosphoric ester groups is 1. The van der Waals surface area contributed by atoms with Crippen molar-refractivity contribution in [1.29, 1.82) is 0 Å². The number of aliphatic hydroxyl groups excluding tert-OH is 1. The summed E-state index contributed by atoms with van der Waals surface area (Å²) in [7, 11) is -4.17. The average molecular weight is 330 g/mol.